The summed E-state index contributed by atoms with van der Waals surface area (Å²) in [5.74, 6) is 2.96. The fraction of sp³-hybridized carbons (Fsp3) is 0.524. The highest BCUT2D eigenvalue weighted by Gasteiger charge is 2.50. The molecule has 1 aromatic carbocycles. The van der Waals surface area contributed by atoms with Crippen LogP contribution in [0.4, 0.5) is 5.95 Å². The second-order valence-electron chi connectivity index (χ2n) is 7.88. The lowest BCUT2D eigenvalue weighted by molar-refractivity contribution is 0.0254. The van der Waals surface area contributed by atoms with Gasteiger partial charge in [0.1, 0.15) is 0 Å². The van der Waals surface area contributed by atoms with Crippen LogP contribution in [0.2, 0.25) is 5.02 Å². The number of benzene rings is 1. The number of anilines is 1. The van der Waals surface area contributed by atoms with Crippen LogP contribution in [0.15, 0.2) is 36.7 Å². The lowest BCUT2D eigenvalue weighted by Gasteiger charge is -2.55. The van der Waals surface area contributed by atoms with E-state index in [1.807, 2.05) is 43.5 Å². The smallest absolute Gasteiger partial charge is 0.224 e. The molecule has 138 valence electrons. The van der Waals surface area contributed by atoms with E-state index in [0.717, 1.165) is 34.9 Å². The summed E-state index contributed by atoms with van der Waals surface area (Å²) in [5.41, 5.74) is 2.57. The predicted octanol–water partition coefficient (Wildman–Crippen LogP) is 4.26. The van der Waals surface area contributed by atoms with Gasteiger partial charge in [-0.1, -0.05) is 36.6 Å². The largest absolute Gasteiger partial charge is 0.347 e. The molecule has 1 aromatic heterocycles. The first-order chi connectivity index (χ1) is 12.6. The number of halogens is 1. The first-order valence-corrected chi connectivity index (χ1v) is 9.98. The van der Waals surface area contributed by atoms with Crippen molar-refractivity contribution in [1.82, 2.24) is 15.3 Å². The van der Waals surface area contributed by atoms with Crippen LogP contribution in [-0.4, -0.2) is 30.1 Å². The first-order valence-electron chi connectivity index (χ1n) is 9.60. The summed E-state index contributed by atoms with van der Waals surface area (Å²) < 4.78 is 0. The fourth-order valence-electron chi connectivity index (χ4n) is 4.79. The standard InChI is InChI=1S/C21H27ClN4/c1-26(2)21-24-12-14(13-25-21)11-23-20-18-6-4-3-5-17(18)19(20)15-7-9-16(22)10-8-15/h7-10,12-13,17-20,23H,3-6,11H2,1-2H3/t17-,18-,19+,20+/m1/s1. The molecule has 4 rings (SSSR count). The average Bonchev–Trinajstić information content (AvgIpc) is 2.65. The van der Waals surface area contributed by atoms with E-state index in [0.29, 0.717) is 12.0 Å². The molecule has 4 nitrogen and oxygen atoms in total. The summed E-state index contributed by atoms with van der Waals surface area (Å²) in [6, 6.07) is 9.01. The molecule has 0 radical (unpaired) electrons. The molecule has 0 bridgehead atoms. The SMILES string of the molecule is CN(C)c1ncc(CN[C@H]2[C@@H]3CCCC[C@H]3[C@@H]2c2ccc(Cl)cc2)cn1. The van der Waals surface area contributed by atoms with Gasteiger partial charge in [-0.05, 0) is 42.4 Å². The first kappa shape index (κ1) is 17.7. The van der Waals surface area contributed by atoms with Crippen LogP contribution < -0.4 is 10.2 Å². The second kappa shape index (κ2) is 7.53. The minimum atomic E-state index is 0.537. The van der Waals surface area contributed by atoms with Crippen molar-refractivity contribution in [2.24, 2.45) is 11.8 Å². The molecular formula is C21H27ClN4. The van der Waals surface area contributed by atoms with Gasteiger partial charge in [0, 0.05) is 55.6 Å². The van der Waals surface area contributed by atoms with E-state index < -0.39 is 0 Å². The topological polar surface area (TPSA) is 41.1 Å². The van der Waals surface area contributed by atoms with Gasteiger partial charge in [-0.3, -0.25) is 0 Å². The van der Waals surface area contributed by atoms with Crippen molar-refractivity contribution in [2.45, 2.75) is 44.2 Å². The predicted molar refractivity (Wildman–Crippen MR) is 107 cm³/mol. The van der Waals surface area contributed by atoms with Crippen molar-refractivity contribution < 1.29 is 0 Å². The Morgan fingerprint density at radius 3 is 2.35 bits per heavy atom. The third-order valence-electron chi connectivity index (χ3n) is 6.07. The van der Waals surface area contributed by atoms with Crippen LogP contribution in [0.1, 0.15) is 42.7 Å². The lowest BCUT2D eigenvalue weighted by atomic mass is 9.53. The Labute approximate surface area is 161 Å². The van der Waals surface area contributed by atoms with Crippen LogP contribution in [-0.2, 0) is 6.54 Å². The van der Waals surface area contributed by atoms with E-state index in [4.69, 9.17) is 11.6 Å². The van der Waals surface area contributed by atoms with Gasteiger partial charge in [0.25, 0.3) is 0 Å². The number of hydrogen-bond acceptors (Lipinski definition) is 4. The van der Waals surface area contributed by atoms with Crippen LogP contribution in [0.5, 0.6) is 0 Å². The molecule has 2 fully saturated rings. The minimum Gasteiger partial charge on any atom is -0.347 e. The summed E-state index contributed by atoms with van der Waals surface area (Å²) >= 11 is 6.09. The van der Waals surface area contributed by atoms with Gasteiger partial charge in [0.15, 0.2) is 0 Å². The van der Waals surface area contributed by atoms with Crippen molar-refractivity contribution >= 4 is 17.5 Å². The Bertz CT molecular complexity index is 729. The van der Waals surface area contributed by atoms with Crippen molar-refractivity contribution in [1.29, 1.82) is 0 Å². The molecule has 2 aromatic rings. The average molecular weight is 371 g/mol. The second-order valence-corrected chi connectivity index (χ2v) is 8.32. The number of aromatic nitrogens is 2. The van der Waals surface area contributed by atoms with Crippen LogP contribution >= 0.6 is 11.6 Å². The molecule has 26 heavy (non-hydrogen) atoms. The third kappa shape index (κ3) is 3.45. The van der Waals surface area contributed by atoms with Crippen LogP contribution in [0.3, 0.4) is 0 Å². The zero-order valence-corrected chi connectivity index (χ0v) is 16.3. The zero-order valence-electron chi connectivity index (χ0n) is 15.5. The van der Waals surface area contributed by atoms with Gasteiger partial charge < -0.3 is 10.2 Å². The van der Waals surface area contributed by atoms with E-state index in [9.17, 15) is 0 Å². The van der Waals surface area contributed by atoms with Gasteiger partial charge in [-0.15, -0.1) is 0 Å². The number of nitrogens with one attached hydrogen (secondary N) is 1. The number of rotatable bonds is 5. The molecule has 0 unspecified atom stereocenters. The van der Waals surface area contributed by atoms with Crippen molar-refractivity contribution in [3.63, 3.8) is 0 Å². The van der Waals surface area contributed by atoms with Gasteiger partial charge in [0.2, 0.25) is 5.95 Å². The normalized spacial score (nSPS) is 27.5. The van der Waals surface area contributed by atoms with Crippen molar-refractivity contribution in [2.75, 3.05) is 19.0 Å². The molecule has 0 aliphatic heterocycles. The van der Waals surface area contributed by atoms with E-state index >= 15 is 0 Å². The molecule has 1 heterocycles. The van der Waals surface area contributed by atoms with Gasteiger partial charge in [-0.2, -0.15) is 0 Å². The van der Waals surface area contributed by atoms with Gasteiger partial charge in [-0.25, -0.2) is 9.97 Å². The Hall–Kier alpha value is -1.65. The summed E-state index contributed by atoms with van der Waals surface area (Å²) in [4.78, 5) is 10.8. The highest BCUT2D eigenvalue weighted by atomic mass is 35.5. The summed E-state index contributed by atoms with van der Waals surface area (Å²) in [7, 11) is 3.92. The Balaban J connectivity index is 1.46. The Kier molecular flexibility index (Phi) is 5.14. The molecular weight excluding hydrogens is 344 g/mol. The lowest BCUT2D eigenvalue weighted by Crippen LogP contribution is -2.57. The highest BCUT2D eigenvalue weighted by Crippen LogP contribution is 2.54. The van der Waals surface area contributed by atoms with Gasteiger partial charge >= 0.3 is 0 Å². The molecule has 2 aliphatic rings. The van der Waals surface area contributed by atoms with Crippen LogP contribution in [0.25, 0.3) is 0 Å². The quantitative estimate of drug-likeness (QED) is 0.853. The molecule has 0 amide bonds. The highest BCUT2D eigenvalue weighted by molar-refractivity contribution is 6.30. The summed E-state index contributed by atoms with van der Waals surface area (Å²) in [6.07, 6.45) is 9.32. The van der Waals surface area contributed by atoms with Crippen LogP contribution in [0, 0.1) is 11.8 Å². The van der Waals surface area contributed by atoms with E-state index in [-0.39, 0.29) is 0 Å². The monoisotopic (exact) mass is 370 g/mol. The summed E-state index contributed by atoms with van der Waals surface area (Å²) in [6.45, 7) is 0.825. The molecule has 1 N–H and O–H groups in total. The van der Waals surface area contributed by atoms with Crippen molar-refractivity contribution in [3.05, 3.63) is 52.8 Å². The molecule has 2 saturated carbocycles. The summed E-state index contributed by atoms with van der Waals surface area (Å²) in [5, 5.41) is 4.64. The van der Waals surface area contributed by atoms with Crippen molar-refractivity contribution in [3.8, 4) is 0 Å². The maximum absolute atomic E-state index is 6.09. The maximum Gasteiger partial charge on any atom is 0.224 e. The molecule has 5 heteroatoms. The molecule has 2 aliphatic carbocycles. The number of fused-ring (bicyclic) bond motifs is 1. The number of hydrogen-bond donors (Lipinski definition) is 1. The fourth-order valence-corrected chi connectivity index (χ4v) is 4.92. The van der Waals surface area contributed by atoms with E-state index in [1.165, 1.54) is 31.2 Å². The third-order valence-corrected chi connectivity index (χ3v) is 6.32. The molecule has 0 spiro atoms. The Morgan fingerprint density at radius 1 is 1.04 bits per heavy atom. The van der Waals surface area contributed by atoms with Gasteiger partial charge in [0.05, 0.1) is 0 Å². The molecule has 0 saturated heterocycles. The zero-order chi connectivity index (χ0) is 18.1. The molecule has 4 atom stereocenters. The Morgan fingerprint density at radius 2 is 1.69 bits per heavy atom. The van der Waals surface area contributed by atoms with E-state index in [2.05, 4.69) is 27.4 Å². The minimum absolute atomic E-state index is 0.537. The van der Waals surface area contributed by atoms with E-state index in [1.54, 1.807) is 0 Å². The maximum atomic E-state index is 6.09. The number of nitrogens with zero attached hydrogens (tertiary/aromatic N) is 3.